The maximum atomic E-state index is 13.1. The molecule has 4 atom stereocenters. The number of carboxylic acids is 2. The van der Waals surface area contributed by atoms with Crippen LogP contribution in [0.2, 0.25) is 5.02 Å². The quantitative estimate of drug-likeness (QED) is 0.0889. The first-order valence-electron chi connectivity index (χ1n) is 21.5. The third-order valence-corrected chi connectivity index (χ3v) is 13.7. The van der Waals surface area contributed by atoms with Crippen molar-refractivity contribution in [3.8, 4) is 11.5 Å². The number of anilines is 1. The Morgan fingerprint density at radius 3 is 2.50 bits per heavy atom. The molecule has 3 aliphatic rings. The van der Waals surface area contributed by atoms with Gasteiger partial charge in [0.25, 0.3) is 0 Å². The topological polar surface area (TPSA) is 138 Å². The number of nitrogens with one attached hydrogen (secondary N) is 1. The molecule has 1 saturated carbocycles. The Kier molecular flexibility index (Phi) is 13.4. The van der Waals surface area contributed by atoms with Gasteiger partial charge >= 0.3 is 11.9 Å². The zero-order valence-electron chi connectivity index (χ0n) is 35.0. The van der Waals surface area contributed by atoms with Crippen molar-refractivity contribution >= 4 is 35.1 Å². The molecule has 2 unspecified atom stereocenters. The fourth-order valence-electron chi connectivity index (χ4n) is 10.2. The minimum Gasteiger partial charge on any atom is -0.494 e. The lowest BCUT2D eigenvalue weighted by Crippen LogP contribution is -2.53. The van der Waals surface area contributed by atoms with Crippen molar-refractivity contribution in [1.82, 2.24) is 9.88 Å². The second-order valence-electron chi connectivity index (χ2n) is 17.5. The number of hydrogen-bond donors (Lipinski definition) is 3. The van der Waals surface area contributed by atoms with E-state index in [-0.39, 0.29) is 36.0 Å². The van der Waals surface area contributed by atoms with Crippen molar-refractivity contribution in [3.05, 3.63) is 118 Å². The molecule has 318 valence electrons. The van der Waals surface area contributed by atoms with Gasteiger partial charge in [-0.1, -0.05) is 67.9 Å². The third kappa shape index (κ3) is 9.44. The largest absolute Gasteiger partial charge is 0.494 e. The lowest BCUT2D eigenvalue weighted by atomic mass is 9.59. The van der Waals surface area contributed by atoms with E-state index < -0.39 is 23.5 Å². The number of hydrogen-bond acceptors (Lipinski definition) is 7. The van der Waals surface area contributed by atoms with E-state index in [9.17, 15) is 24.6 Å². The van der Waals surface area contributed by atoms with Crippen molar-refractivity contribution in [3.63, 3.8) is 0 Å². The summed E-state index contributed by atoms with van der Waals surface area (Å²) in [5.74, 6) is 0.454. The van der Waals surface area contributed by atoms with Crippen molar-refractivity contribution in [2.24, 2.45) is 11.8 Å². The van der Waals surface area contributed by atoms with E-state index in [0.717, 1.165) is 49.1 Å². The normalized spacial score (nSPS) is 22.9. The molecule has 0 saturated heterocycles. The number of benzene rings is 3. The average Bonchev–Trinajstić information content (AvgIpc) is 3.52. The summed E-state index contributed by atoms with van der Waals surface area (Å²) in [5, 5.41) is 24.5. The Morgan fingerprint density at radius 2 is 1.77 bits per heavy atom. The molecule has 11 heteroatoms. The Hall–Kier alpha value is -5.09. The van der Waals surface area contributed by atoms with Gasteiger partial charge in [-0.3, -0.25) is 9.78 Å². The smallest absolute Gasteiger partial charge is 0.329 e. The minimum absolute atomic E-state index is 0.157. The molecule has 1 amide bonds. The third-order valence-electron chi connectivity index (χ3n) is 13.5. The molecule has 3 N–H and O–H groups in total. The number of pyridine rings is 1. The lowest BCUT2D eigenvalue weighted by molar-refractivity contribution is -0.149. The number of aromatic nitrogens is 1. The number of aryl methyl sites for hydroxylation is 1. The van der Waals surface area contributed by atoms with Gasteiger partial charge in [-0.15, -0.1) is 0 Å². The van der Waals surface area contributed by atoms with Crippen LogP contribution in [0, 0.1) is 11.8 Å². The molecule has 1 aromatic heterocycles. The standard InChI is InChI=1S/C49H58ClN3O7/c1-32(31-60-43-19-24-51-41-15-7-10-33(2)45(41)43)26-36-28-35-17-18-39(59-25-9-16-44(54)53(3)42(46(55)56)27-34-11-5-4-6-12-34)30-40(35)48(36)20-22-49(23-21-48,47(57)58)52-38-14-8-13-37(50)29-38/h4-6,8,11-14,17-19,24,29-30,32-33,36,42,52H,7,9-10,15-16,20-23,25-28,31H2,1-3H3,(H,55,56)(H,57,58)/t32-,33-,36?,42?,48?,49?/m1/s1. The Labute approximate surface area is 358 Å². The van der Waals surface area contributed by atoms with Crippen LogP contribution in [-0.2, 0) is 39.1 Å². The first-order chi connectivity index (χ1) is 28.9. The van der Waals surface area contributed by atoms with Gasteiger partial charge in [0, 0.05) is 48.1 Å². The molecular formula is C49H58ClN3O7. The summed E-state index contributed by atoms with van der Waals surface area (Å²) in [4.78, 5) is 44.3. The molecule has 3 aromatic carbocycles. The van der Waals surface area contributed by atoms with Gasteiger partial charge in [-0.2, -0.15) is 0 Å². The fourth-order valence-corrected chi connectivity index (χ4v) is 10.3. The monoisotopic (exact) mass is 835 g/mol. The number of aliphatic carboxylic acids is 2. The molecule has 1 spiro atoms. The van der Waals surface area contributed by atoms with E-state index in [2.05, 4.69) is 36.3 Å². The SMILES string of the molecule is C[C@@H](COc1ccnc2c1[C@H](C)CCC2)CC1Cc2ccc(OCCCC(=O)N(C)C(Cc3ccccc3)C(=O)O)cc2C12CCC(Nc1cccc(Cl)c1)(C(=O)O)CC2. The van der Waals surface area contributed by atoms with Crippen molar-refractivity contribution < 1.29 is 34.1 Å². The van der Waals surface area contributed by atoms with Crippen LogP contribution < -0.4 is 14.8 Å². The van der Waals surface area contributed by atoms with Gasteiger partial charge in [0.2, 0.25) is 5.91 Å². The van der Waals surface area contributed by atoms with Crippen molar-refractivity contribution in [2.45, 2.75) is 114 Å². The summed E-state index contributed by atoms with van der Waals surface area (Å²) in [7, 11) is 1.55. The van der Waals surface area contributed by atoms with E-state index in [4.69, 9.17) is 21.1 Å². The molecule has 0 radical (unpaired) electrons. The summed E-state index contributed by atoms with van der Waals surface area (Å²) in [5.41, 5.74) is 5.04. The second kappa shape index (κ2) is 18.7. The number of ether oxygens (including phenoxy) is 2. The Morgan fingerprint density at radius 1 is 0.983 bits per heavy atom. The van der Waals surface area contributed by atoms with E-state index in [1.807, 2.05) is 60.8 Å². The predicted octanol–water partition coefficient (Wildman–Crippen LogP) is 9.51. The average molecular weight is 836 g/mol. The molecule has 3 aliphatic carbocycles. The van der Waals surface area contributed by atoms with Gasteiger partial charge in [0.1, 0.15) is 23.1 Å². The number of carbonyl (C=O) groups excluding carboxylic acids is 1. The van der Waals surface area contributed by atoms with Gasteiger partial charge in [-0.25, -0.2) is 9.59 Å². The van der Waals surface area contributed by atoms with Crippen molar-refractivity contribution in [2.75, 3.05) is 25.6 Å². The summed E-state index contributed by atoms with van der Waals surface area (Å²) in [6, 6.07) is 23.9. The molecular weight excluding hydrogens is 778 g/mol. The maximum Gasteiger partial charge on any atom is 0.329 e. The highest BCUT2D eigenvalue weighted by molar-refractivity contribution is 6.30. The second-order valence-corrected chi connectivity index (χ2v) is 18.0. The van der Waals surface area contributed by atoms with Crippen molar-refractivity contribution in [1.29, 1.82) is 0 Å². The van der Waals surface area contributed by atoms with E-state index in [0.29, 0.717) is 67.7 Å². The summed E-state index contributed by atoms with van der Waals surface area (Å²) in [6.45, 7) is 5.40. The lowest BCUT2D eigenvalue weighted by Gasteiger charge is -2.47. The van der Waals surface area contributed by atoms with E-state index in [1.54, 1.807) is 19.2 Å². The Balaban J connectivity index is 1.05. The first-order valence-corrected chi connectivity index (χ1v) is 21.9. The molecule has 0 bridgehead atoms. The number of halogens is 1. The summed E-state index contributed by atoms with van der Waals surface area (Å²) >= 11 is 6.30. The number of likely N-dealkylation sites (N-methyl/N-ethyl adjacent to an activating group) is 1. The number of fused-ring (bicyclic) bond motifs is 3. The maximum absolute atomic E-state index is 13.1. The zero-order chi connectivity index (χ0) is 42.4. The number of carboxylic acid groups (broad SMARTS) is 2. The van der Waals surface area contributed by atoms with Gasteiger partial charge in [-0.05, 0) is 140 Å². The predicted molar refractivity (Wildman–Crippen MR) is 233 cm³/mol. The van der Waals surface area contributed by atoms with Crippen LogP contribution in [0.25, 0.3) is 0 Å². The van der Waals surface area contributed by atoms with Crippen LogP contribution in [0.3, 0.4) is 0 Å². The van der Waals surface area contributed by atoms with E-state index >= 15 is 0 Å². The van der Waals surface area contributed by atoms with Crippen LogP contribution in [0.1, 0.15) is 106 Å². The molecule has 1 heterocycles. The molecule has 0 aliphatic heterocycles. The first kappa shape index (κ1) is 43.0. The number of amides is 1. The number of carbonyl (C=O) groups is 3. The molecule has 60 heavy (non-hydrogen) atoms. The van der Waals surface area contributed by atoms with Gasteiger partial charge in [0.05, 0.1) is 13.2 Å². The van der Waals surface area contributed by atoms with Gasteiger partial charge in [0.15, 0.2) is 0 Å². The number of rotatable bonds is 17. The molecule has 10 nitrogen and oxygen atoms in total. The van der Waals surface area contributed by atoms with Crippen LogP contribution >= 0.6 is 11.6 Å². The molecule has 4 aromatic rings. The van der Waals surface area contributed by atoms with Crippen LogP contribution in [-0.4, -0.2) is 69.8 Å². The van der Waals surface area contributed by atoms with E-state index in [1.165, 1.54) is 21.6 Å². The highest BCUT2D eigenvalue weighted by atomic mass is 35.5. The fraction of sp³-hybridized carbons (Fsp3) is 0.469. The number of nitrogens with zero attached hydrogens (tertiary/aromatic N) is 2. The Bertz CT molecular complexity index is 2150. The summed E-state index contributed by atoms with van der Waals surface area (Å²) in [6.07, 6.45) is 10.0. The summed E-state index contributed by atoms with van der Waals surface area (Å²) < 4.78 is 12.9. The highest BCUT2D eigenvalue weighted by Gasteiger charge is 2.54. The van der Waals surface area contributed by atoms with Crippen LogP contribution in [0.15, 0.2) is 85.1 Å². The minimum atomic E-state index is -1.14. The zero-order valence-corrected chi connectivity index (χ0v) is 35.8. The highest BCUT2D eigenvalue weighted by Crippen LogP contribution is 2.57. The van der Waals surface area contributed by atoms with Gasteiger partial charge < -0.3 is 29.9 Å². The van der Waals surface area contributed by atoms with Crippen LogP contribution in [0.5, 0.6) is 11.5 Å². The van der Waals surface area contributed by atoms with Crippen LogP contribution in [0.4, 0.5) is 5.69 Å². The molecule has 1 fully saturated rings. The molecule has 7 rings (SSSR count).